The van der Waals surface area contributed by atoms with E-state index in [0.717, 1.165) is 25.6 Å². The van der Waals surface area contributed by atoms with Gasteiger partial charge in [0.1, 0.15) is 0 Å². The molecule has 0 aromatic carbocycles. The van der Waals surface area contributed by atoms with Crippen LogP contribution in [-0.2, 0) is 4.74 Å². The van der Waals surface area contributed by atoms with Gasteiger partial charge in [-0.25, -0.2) is 0 Å². The molecule has 2 aliphatic heterocycles. The van der Waals surface area contributed by atoms with E-state index in [4.69, 9.17) is 4.74 Å². The molecule has 0 spiro atoms. The summed E-state index contributed by atoms with van der Waals surface area (Å²) in [5.41, 5.74) is -0.705. The van der Waals surface area contributed by atoms with Crippen LogP contribution in [0, 0.1) is 0 Å². The van der Waals surface area contributed by atoms with E-state index in [1.807, 2.05) is 0 Å². The van der Waals surface area contributed by atoms with Crippen LogP contribution in [0.15, 0.2) is 4.99 Å². The van der Waals surface area contributed by atoms with Gasteiger partial charge >= 0.3 is 0 Å². The maximum atomic E-state index is 10.5. The average molecular weight is 440 g/mol. The standard InChI is InChI=1S/C16H32N4O2.HI/c1-3-17-15(18-12-14-6-5-9-20(14)4-2)19-13-16(21)7-10-22-11-8-16;/h14,21H,3-13H2,1-2H3,(H2,17,18,19);1H. The lowest BCUT2D eigenvalue weighted by Crippen LogP contribution is -2.46. The molecule has 0 saturated carbocycles. The van der Waals surface area contributed by atoms with Gasteiger partial charge in [-0.2, -0.15) is 0 Å². The number of halogens is 1. The quantitative estimate of drug-likeness (QED) is 0.329. The van der Waals surface area contributed by atoms with Gasteiger partial charge in [-0.1, -0.05) is 6.92 Å². The molecule has 7 heteroatoms. The molecule has 0 bridgehead atoms. The first-order chi connectivity index (χ1) is 10.7. The molecule has 0 radical (unpaired) electrons. The number of guanidine groups is 1. The maximum Gasteiger partial charge on any atom is 0.191 e. The minimum absolute atomic E-state index is 0. The van der Waals surface area contributed by atoms with Crippen LogP contribution in [0.2, 0.25) is 0 Å². The second-order valence-electron chi connectivity index (χ2n) is 6.34. The summed E-state index contributed by atoms with van der Waals surface area (Å²) in [7, 11) is 0. The number of hydrogen-bond donors (Lipinski definition) is 3. The van der Waals surface area contributed by atoms with Gasteiger partial charge in [0, 0.05) is 45.2 Å². The number of likely N-dealkylation sites (N-methyl/N-ethyl adjacent to an activating group) is 1. The fourth-order valence-corrected chi connectivity index (χ4v) is 3.23. The van der Waals surface area contributed by atoms with Crippen molar-refractivity contribution >= 4 is 29.9 Å². The Bertz CT molecular complexity index is 362. The molecule has 0 amide bonds. The first kappa shape index (κ1) is 20.9. The molecule has 3 N–H and O–H groups in total. The fourth-order valence-electron chi connectivity index (χ4n) is 3.23. The molecular weight excluding hydrogens is 407 g/mol. The highest BCUT2D eigenvalue weighted by Gasteiger charge is 2.29. The summed E-state index contributed by atoms with van der Waals surface area (Å²) in [5.74, 6) is 0.811. The Morgan fingerprint density at radius 3 is 2.70 bits per heavy atom. The Hall–Kier alpha value is -0.120. The van der Waals surface area contributed by atoms with Crippen molar-refractivity contribution in [3.8, 4) is 0 Å². The number of nitrogens with zero attached hydrogens (tertiary/aromatic N) is 2. The van der Waals surface area contributed by atoms with E-state index >= 15 is 0 Å². The Morgan fingerprint density at radius 1 is 1.30 bits per heavy atom. The number of aliphatic imine (C=N–C) groups is 1. The zero-order valence-corrected chi connectivity index (χ0v) is 16.8. The third-order valence-corrected chi connectivity index (χ3v) is 4.71. The highest BCUT2D eigenvalue weighted by Crippen LogP contribution is 2.20. The van der Waals surface area contributed by atoms with Gasteiger partial charge in [0.05, 0.1) is 12.1 Å². The lowest BCUT2D eigenvalue weighted by Gasteiger charge is -2.30. The zero-order valence-electron chi connectivity index (χ0n) is 14.5. The predicted molar refractivity (Wildman–Crippen MR) is 105 cm³/mol. The summed E-state index contributed by atoms with van der Waals surface area (Å²) in [6.07, 6.45) is 3.87. The first-order valence-corrected chi connectivity index (χ1v) is 8.73. The van der Waals surface area contributed by atoms with Crippen LogP contribution in [0.3, 0.4) is 0 Å². The van der Waals surface area contributed by atoms with Gasteiger partial charge in [0.15, 0.2) is 5.96 Å². The van der Waals surface area contributed by atoms with Crippen molar-refractivity contribution in [1.29, 1.82) is 0 Å². The molecule has 0 aromatic rings. The van der Waals surface area contributed by atoms with E-state index in [1.165, 1.54) is 19.4 Å². The summed E-state index contributed by atoms with van der Waals surface area (Å²) >= 11 is 0. The SMILES string of the molecule is CCNC(=NCC1(O)CCOCC1)NCC1CCCN1CC.I. The van der Waals surface area contributed by atoms with Gasteiger partial charge < -0.3 is 20.5 Å². The molecule has 136 valence electrons. The first-order valence-electron chi connectivity index (χ1n) is 8.73. The molecule has 0 aliphatic carbocycles. The van der Waals surface area contributed by atoms with Crippen LogP contribution in [0.4, 0.5) is 0 Å². The maximum absolute atomic E-state index is 10.5. The number of aliphatic hydroxyl groups is 1. The molecule has 6 nitrogen and oxygen atoms in total. The van der Waals surface area contributed by atoms with E-state index < -0.39 is 5.60 Å². The van der Waals surface area contributed by atoms with Crippen molar-refractivity contribution in [2.75, 3.05) is 45.9 Å². The summed E-state index contributed by atoms with van der Waals surface area (Å²) in [6.45, 7) is 10.0. The predicted octanol–water partition coefficient (Wildman–Crippen LogP) is 1.19. The second kappa shape index (κ2) is 10.7. The van der Waals surface area contributed by atoms with Gasteiger partial charge in [-0.05, 0) is 32.9 Å². The van der Waals surface area contributed by atoms with Gasteiger partial charge in [-0.3, -0.25) is 9.89 Å². The monoisotopic (exact) mass is 440 g/mol. The van der Waals surface area contributed by atoms with Crippen LogP contribution < -0.4 is 10.6 Å². The summed E-state index contributed by atoms with van der Waals surface area (Å²) in [6, 6.07) is 0.597. The van der Waals surface area contributed by atoms with E-state index in [-0.39, 0.29) is 24.0 Å². The molecule has 2 fully saturated rings. The van der Waals surface area contributed by atoms with E-state index in [2.05, 4.69) is 34.4 Å². The number of hydrogen-bond acceptors (Lipinski definition) is 4. The van der Waals surface area contributed by atoms with E-state index in [1.54, 1.807) is 0 Å². The Balaban J connectivity index is 0.00000264. The number of rotatable bonds is 6. The van der Waals surface area contributed by atoms with Crippen LogP contribution >= 0.6 is 24.0 Å². The fraction of sp³-hybridized carbons (Fsp3) is 0.938. The van der Waals surface area contributed by atoms with Crippen molar-refractivity contribution in [3.05, 3.63) is 0 Å². The third-order valence-electron chi connectivity index (χ3n) is 4.71. The van der Waals surface area contributed by atoms with Crippen LogP contribution in [-0.4, -0.2) is 73.5 Å². The molecule has 2 aliphatic rings. The normalized spacial score (nSPS) is 25.0. The molecule has 1 unspecified atom stereocenters. The van der Waals surface area contributed by atoms with Gasteiger partial charge in [0.2, 0.25) is 0 Å². The molecule has 2 heterocycles. The Morgan fingerprint density at radius 2 is 2.04 bits per heavy atom. The second-order valence-corrected chi connectivity index (χ2v) is 6.34. The minimum atomic E-state index is -0.705. The molecular formula is C16H33IN4O2. The zero-order chi connectivity index (χ0) is 15.8. The lowest BCUT2D eigenvalue weighted by atomic mass is 9.95. The summed E-state index contributed by atoms with van der Waals surface area (Å²) < 4.78 is 5.31. The number of ether oxygens (including phenoxy) is 1. The van der Waals surface area contributed by atoms with Gasteiger partial charge in [0.25, 0.3) is 0 Å². The van der Waals surface area contributed by atoms with Crippen molar-refractivity contribution in [1.82, 2.24) is 15.5 Å². The highest BCUT2D eigenvalue weighted by atomic mass is 127. The van der Waals surface area contributed by atoms with Crippen LogP contribution in [0.1, 0.15) is 39.5 Å². The van der Waals surface area contributed by atoms with Crippen molar-refractivity contribution < 1.29 is 9.84 Å². The van der Waals surface area contributed by atoms with Gasteiger partial charge in [-0.15, -0.1) is 24.0 Å². The van der Waals surface area contributed by atoms with E-state index in [9.17, 15) is 5.11 Å². The lowest BCUT2D eigenvalue weighted by molar-refractivity contribution is -0.0565. The minimum Gasteiger partial charge on any atom is -0.388 e. The molecule has 23 heavy (non-hydrogen) atoms. The van der Waals surface area contributed by atoms with Crippen molar-refractivity contribution in [3.63, 3.8) is 0 Å². The Kier molecular flexibility index (Phi) is 9.72. The van der Waals surface area contributed by atoms with Crippen LogP contribution in [0.5, 0.6) is 0 Å². The third kappa shape index (κ3) is 6.72. The number of nitrogens with one attached hydrogen (secondary N) is 2. The summed E-state index contributed by atoms with van der Waals surface area (Å²) in [5, 5.41) is 17.2. The topological polar surface area (TPSA) is 69.1 Å². The molecule has 2 saturated heterocycles. The van der Waals surface area contributed by atoms with Crippen molar-refractivity contribution in [2.45, 2.75) is 51.2 Å². The van der Waals surface area contributed by atoms with Crippen LogP contribution in [0.25, 0.3) is 0 Å². The number of likely N-dealkylation sites (tertiary alicyclic amines) is 1. The molecule has 1 atom stereocenters. The smallest absolute Gasteiger partial charge is 0.191 e. The molecule has 2 rings (SSSR count). The average Bonchev–Trinajstić information content (AvgIpc) is 2.98. The summed E-state index contributed by atoms with van der Waals surface area (Å²) in [4.78, 5) is 7.11. The Labute approximate surface area is 157 Å². The highest BCUT2D eigenvalue weighted by molar-refractivity contribution is 14.0. The van der Waals surface area contributed by atoms with Crippen molar-refractivity contribution in [2.24, 2.45) is 4.99 Å². The van der Waals surface area contributed by atoms with E-state index in [0.29, 0.717) is 38.6 Å². The largest absolute Gasteiger partial charge is 0.388 e. The molecule has 0 aromatic heterocycles.